The summed E-state index contributed by atoms with van der Waals surface area (Å²) >= 11 is 0. The van der Waals surface area contributed by atoms with Gasteiger partial charge in [0.2, 0.25) is 5.91 Å². The fraction of sp³-hybridized carbons (Fsp3) is 0.562. The van der Waals surface area contributed by atoms with Crippen molar-refractivity contribution < 1.29 is 4.79 Å². The van der Waals surface area contributed by atoms with Crippen molar-refractivity contribution in [3.63, 3.8) is 0 Å². The van der Waals surface area contributed by atoms with E-state index in [9.17, 15) is 4.79 Å². The van der Waals surface area contributed by atoms with E-state index in [1.54, 1.807) is 0 Å². The van der Waals surface area contributed by atoms with E-state index in [1.807, 2.05) is 0 Å². The summed E-state index contributed by atoms with van der Waals surface area (Å²) in [5.74, 6) is 0.225. The summed E-state index contributed by atoms with van der Waals surface area (Å²) in [4.78, 5) is 14.9. The van der Waals surface area contributed by atoms with Crippen LogP contribution < -0.4 is 10.2 Å². The van der Waals surface area contributed by atoms with E-state index >= 15 is 0 Å². The molecule has 3 nitrogen and oxygen atoms in total. The lowest BCUT2D eigenvalue weighted by molar-refractivity contribution is -0.126. The highest BCUT2D eigenvalue weighted by Gasteiger charge is 2.42. The van der Waals surface area contributed by atoms with Crippen molar-refractivity contribution in [2.75, 3.05) is 23.8 Å². The molecule has 0 unspecified atom stereocenters. The monoisotopic (exact) mass is 258 g/mol. The van der Waals surface area contributed by atoms with Crippen molar-refractivity contribution >= 4 is 17.3 Å². The van der Waals surface area contributed by atoms with Gasteiger partial charge < -0.3 is 10.2 Å². The first kappa shape index (κ1) is 12.5. The zero-order valence-electron chi connectivity index (χ0n) is 11.8. The first-order chi connectivity index (χ1) is 9.11. The van der Waals surface area contributed by atoms with Crippen molar-refractivity contribution in [3.8, 4) is 0 Å². The van der Waals surface area contributed by atoms with E-state index < -0.39 is 0 Å². The maximum atomic E-state index is 12.7. The summed E-state index contributed by atoms with van der Waals surface area (Å²) in [5, 5.41) is 3.17. The maximum absolute atomic E-state index is 12.7. The van der Waals surface area contributed by atoms with Crippen molar-refractivity contribution in [3.05, 3.63) is 23.8 Å². The first-order valence-corrected chi connectivity index (χ1v) is 7.24. The lowest BCUT2D eigenvalue weighted by Crippen LogP contribution is -2.44. The number of carbonyl (C=O) groups excluding carboxylic acids is 1. The lowest BCUT2D eigenvalue weighted by atomic mass is 9.73. The fourth-order valence-corrected chi connectivity index (χ4v) is 3.56. The van der Waals surface area contributed by atoms with Gasteiger partial charge in [0.05, 0.1) is 16.8 Å². The van der Waals surface area contributed by atoms with Crippen LogP contribution in [-0.2, 0) is 4.79 Å². The molecule has 1 aromatic rings. The topological polar surface area (TPSA) is 32.3 Å². The quantitative estimate of drug-likeness (QED) is 0.774. The molecule has 0 atom stereocenters. The standard InChI is InChI=1S/C16H22N2O/c1-12-6-7-14-13(10-12)17-15(19)16(11-18(14)2)8-4-3-5-9-16/h6-7,10H,3-5,8-9,11H2,1-2H3,(H,17,19). The van der Waals surface area contributed by atoms with Gasteiger partial charge in [0, 0.05) is 13.6 Å². The van der Waals surface area contributed by atoms with Crippen LogP contribution in [0.25, 0.3) is 0 Å². The summed E-state index contributed by atoms with van der Waals surface area (Å²) in [6, 6.07) is 6.30. The molecule has 0 radical (unpaired) electrons. The molecule has 0 bridgehead atoms. The third kappa shape index (κ3) is 2.11. The Balaban J connectivity index is 1.99. The van der Waals surface area contributed by atoms with Gasteiger partial charge in [0.25, 0.3) is 0 Å². The van der Waals surface area contributed by atoms with Crippen LogP contribution in [0.5, 0.6) is 0 Å². The first-order valence-electron chi connectivity index (χ1n) is 7.24. The van der Waals surface area contributed by atoms with E-state index in [4.69, 9.17) is 0 Å². The minimum absolute atomic E-state index is 0.181. The molecule has 1 N–H and O–H groups in total. The summed E-state index contributed by atoms with van der Waals surface area (Å²) in [6.45, 7) is 2.91. The number of aryl methyl sites for hydroxylation is 1. The van der Waals surface area contributed by atoms with Crippen LogP contribution in [0.15, 0.2) is 18.2 Å². The molecule has 1 spiro atoms. The van der Waals surface area contributed by atoms with Crippen LogP contribution in [0.1, 0.15) is 37.7 Å². The maximum Gasteiger partial charge on any atom is 0.232 e. The van der Waals surface area contributed by atoms with Crippen molar-refractivity contribution in [1.82, 2.24) is 0 Å². The second-order valence-corrected chi connectivity index (χ2v) is 6.17. The zero-order valence-corrected chi connectivity index (χ0v) is 11.8. The van der Waals surface area contributed by atoms with E-state index in [0.717, 1.165) is 30.8 Å². The minimum atomic E-state index is -0.181. The van der Waals surface area contributed by atoms with Crippen LogP contribution in [0.4, 0.5) is 11.4 Å². The van der Waals surface area contributed by atoms with Gasteiger partial charge in [-0.15, -0.1) is 0 Å². The van der Waals surface area contributed by atoms with Gasteiger partial charge in [-0.1, -0.05) is 25.3 Å². The van der Waals surface area contributed by atoms with Gasteiger partial charge >= 0.3 is 0 Å². The van der Waals surface area contributed by atoms with Crippen LogP contribution in [0, 0.1) is 12.3 Å². The molecule has 3 rings (SSSR count). The highest BCUT2D eigenvalue weighted by atomic mass is 16.2. The van der Waals surface area contributed by atoms with Crippen molar-refractivity contribution in [2.24, 2.45) is 5.41 Å². The van der Waals surface area contributed by atoms with E-state index in [0.29, 0.717) is 0 Å². The molecule has 2 aliphatic rings. The predicted octanol–water partition coefficient (Wildman–Crippen LogP) is 3.33. The van der Waals surface area contributed by atoms with Gasteiger partial charge in [0.15, 0.2) is 0 Å². The van der Waals surface area contributed by atoms with Crippen LogP contribution in [0.3, 0.4) is 0 Å². The Bertz CT molecular complexity index is 503. The van der Waals surface area contributed by atoms with Crippen molar-refractivity contribution in [1.29, 1.82) is 0 Å². The fourth-order valence-electron chi connectivity index (χ4n) is 3.56. The Morgan fingerprint density at radius 2 is 1.95 bits per heavy atom. The van der Waals surface area contributed by atoms with Gasteiger partial charge in [0.1, 0.15) is 0 Å². The number of fused-ring (bicyclic) bond motifs is 1. The molecule has 19 heavy (non-hydrogen) atoms. The van der Waals surface area contributed by atoms with Gasteiger partial charge in [-0.3, -0.25) is 4.79 Å². The van der Waals surface area contributed by atoms with Crippen LogP contribution in [-0.4, -0.2) is 19.5 Å². The Kier molecular flexibility index (Phi) is 3.00. The molecule has 1 aromatic carbocycles. The molecule has 3 heteroatoms. The van der Waals surface area contributed by atoms with Gasteiger partial charge in [-0.25, -0.2) is 0 Å². The number of nitrogens with one attached hydrogen (secondary N) is 1. The number of amides is 1. The molecule has 0 aromatic heterocycles. The molecular formula is C16H22N2O. The number of benzene rings is 1. The third-order valence-corrected chi connectivity index (χ3v) is 4.64. The number of nitrogens with zero attached hydrogens (tertiary/aromatic N) is 1. The van der Waals surface area contributed by atoms with Gasteiger partial charge in [-0.2, -0.15) is 0 Å². The summed E-state index contributed by atoms with van der Waals surface area (Å²) in [5.41, 5.74) is 3.11. The second-order valence-electron chi connectivity index (χ2n) is 6.17. The summed E-state index contributed by atoms with van der Waals surface area (Å²) in [6.07, 6.45) is 5.67. The predicted molar refractivity (Wildman–Crippen MR) is 78.6 cm³/mol. The number of carbonyl (C=O) groups is 1. The number of hydrogen-bond donors (Lipinski definition) is 1. The Morgan fingerprint density at radius 3 is 2.68 bits per heavy atom. The number of hydrogen-bond acceptors (Lipinski definition) is 2. The molecule has 1 heterocycles. The molecule has 1 aliphatic heterocycles. The Morgan fingerprint density at radius 1 is 1.21 bits per heavy atom. The molecule has 1 amide bonds. The highest BCUT2D eigenvalue weighted by Crippen LogP contribution is 2.42. The van der Waals surface area contributed by atoms with Crippen molar-refractivity contribution in [2.45, 2.75) is 39.0 Å². The second kappa shape index (κ2) is 4.55. The highest BCUT2D eigenvalue weighted by molar-refractivity contribution is 6.00. The van der Waals surface area contributed by atoms with E-state index in [-0.39, 0.29) is 11.3 Å². The molecular weight excluding hydrogens is 236 g/mol. The van der Waals surface area contributed by atoms with Gasteiger partial charge in [-0.05, 0) is 37.5 Å². The smallest absolute Gasteiger partial charge is 0.232 e. The SMILES string of the molecule is Cc1ccc2c(c1)NC(=O)C1(CCCCC1)CN2C. The summed E-state index contributed by atoms with van der Waals surface area (Å²) in [7, 11) is 2.10. The van der Waals surface area contributed by atoms with Crippen LogP contribution in [0.2, 0.25) is 0 Å². The molecule has 1 aliphatic carbocycles. The Labute approximate surface area is 115 Å². The molecule has 1 saturated carbocycles. The van der Waals surface area contributed by atoms with Crippen LogP contribution >= 0.6 is 0 Å². The van der Waals surface area contributed by atoms with E-state index in [2.05, 4.69) is 42.4 Å². The summed E-state index contributed by atoms with van der Waals surface area (Å²) < 4.78 is 0. The van der Waals surface area contributed by atoms with E-state index in [1.165, 1.54) is 24.8 Å². The Hall–Kier alpha value is -1.51. The lowest BCUT2D eigenvalue weighted by Gasteiger charge is -2.36. The number of rotatable bonds is 0. The third-order valence-electron chi connectivity index (χ3n) is 4.64. The zero-order chi connectivity index (χ0) is 13.5. The molecule has 1 fully saturated rings. The normalized spacial score (nSPS) is 21.8. The molecule has 102 valence electrons. The largest absolute Gasteiger partial charge is 0.372 e. The number of anilines is 2. The molecule has 0 saturated heterocycles. The minimum Gasteiger partial charge on any atom is -0.372 e. The average molecular weight is 258 g/mol. The average Bonchev–Trinajstić information content (AvgIpc) is 2.47.